The normalized spacial score (nSPS) is 12.3. The Hall–Kier alpha value is -3.84. The fourth-order valence-corrected chi connectivity index (χ4v) is 5.03. The Morgan fingerprint density at radius 2 is 1.68 bits per heavy atom. The lowest BCUT2D eigenvalue weighted by Crippen LogP contribution is -2.40. The fraction of sp³-hybridized carbons (Fsp3) is 0.360. The number of ether oxygens (including phenoxy) is 1. The van der Waals surface area contributed by atoms with Crippen molar-refractivity contribution in [3.8, 4) is 11.6 Å². The molecule has 0 bridgehead atoms. The number of sulfonamides is 1. The highest BCUT2D eigenvalue weighted by molar-refractivity contribution is 7.89. The average Bonchev–Trinajstić information content (AvgIpc) is 3.10. The lowest BCUT2D eigenvalue weighted by Gasteiger charge is -2.24. The van der Waals surface area contributed by atoms with E-state index in [1.54, 1.807) is 27.7 Å². The van der Waals surface area contributed by atoms with Crippen molar-refractivity contribution in [1.82, 2.24) is 14.5 Å². The van der Waals surface area contributed by atoms with Gasteiger partial charge in [-0.25, -0.2) is 22.2 Å². The number of rotatable bonds is 7. The molecule has 3 rings (SSSR count). The molecular formula is C25H30FN5O6S. The fourth-order valence-electron chi connectivity index (χ4n) is 3.46. The van der Waals surface area contributed by atoms with E-state index in [4.69, 9.17) is 4.74 Å². The molecule has 0 spiro atoms. The van der Waals surface area contributed by atoms with Gasteiger partial charge in [0.15, 0.2) is 5.69 Å². The summed E-state index contributed by atoms with van der Waals surface area (Å²) in [4.78, 5) is 23.3. The number of nitrogens with one attached hydrogen (secondary N) is 2. The van der Waals surface area contributed by atoms with Crippen LogP contribution in [0.2, 0.25) is 0 Å². The minimum absolute atomic E-state index is 0.00150. The van der Waals surface area contributed by atoms with E-state index in [0.29, 0.717) is 11.3 Å². The highest BCUT2D eigenvalue weighted by Crippen LogP contribution is 2.37. The number of carbonyl (C=O) groups excluding carboxylic acids is 1. The number of halogens is 1. The van der Waals surface area contributed by atoms with E-state index in [1.807, 2.05) is 20.8 Å². The van der Waals surface area contributed by atoms with Crippen molar-refractivity contribution in [3.63, 3.8) is 0 Å². The van der Waals surface area contributed by atoms with Crippen LogP contribution >= 0.6 is 0 Å². The zero-order valence-electron chi connectivity index (χ0n) is 22.1. The molecule has 1 heterocycles. The molecule has 1 amide bonds. The number of hydrogen-bond acceptors (Lipinski definition) is 7. The van der Waals surface area contributed by atoms with Gasteiger partial charge in [0.25, 0.3) is 11.6 Å². The molecule has 13 heteroatoms. The number of carbonyl (C=O) groups is 1. The SMILES string of the molecule is Cc1c(C(=O)Nc2ccc(F)cc2)nn(C(C)(C)C)c1Oc1ccc([N+](=O)[O-])cc1S(=O)(=O)NC(C)(C)C. The van der Waals surface area contributed by atoms with E-state index in [-0.39, 0.29) is 17.3 Å². The van der Waals surface area contributed by atoms with Crippen molar-refractivity contribution < 1.29 is 27.3 Å². The lowest BCUT2D eigenvalue weighted by atomic mass is 10.1. The Kier molecular flexibility index (Phi) is 7.66. The summed E-state index contributed by atoms with van der Waals surface area (Å²) in [6, 6.07) is 8.43. The molecular weight excluding hydrogens is 517 g/mol. The van der Waals surface area contributed by atoms with Crippen LogP contribution in [0.15, 0.2) is 47.4 Å². The van der Waals surface area contributed by atoms with Crippen molar-refractivity contribution >= 4 is 27.3 Å². The second-order valence-corrected chi connectivity index (χ2v) is 12.3. The maximum Gasteiger partial charge on any atom is 0.276 e. The second-order valence-electron chi connectivity index (χ2n) is 10.7. The van der Waals surface area contributed by atoms with Crippen LogP contribution in [0.1, 0.15) is 57.6 Å². The van der Waals surface area contributed by atoms with Crippen LogP contribution in [-0.2, 0) is 15.6 Å². The minimum Gasteiger partial charge on any atom is -0.438 e. The summed E-state index contributed by atoms with van der Waals surface area (Å²) in [5, 5.41) is 18.5. The van der Waals surface area contributed by atoms with Crippen molar-refractivity contribution in [2.24, 2.45) is 0 Å². The van der Waals surface area contributed by atoms with Gasteiger partial charge in [0, 0.05) is 28.9 Å². The molecule has 0 unspecified atom stereocenters. The third-order valence-electron chi connectivity index (χ3n) is 5.10. The van der Waals surface area contributed by atoms with Crippen molar-refractivity contribution in [1.29, 1.82) is 0 Å². The third-order valence-corrected chi connectivity index (χ3v) is 6.87. The number of amides is 1. The van der Waals surface area contributed by atoms with Gasteiger partial charge in [-0.15, -0.1) is 0 Å². The maximum absolute atomic E-state index is 13.3. The molecule has 0 radical (unpaired) electrons. The van der Waals surface area contributed by atoms with Crippen LogP contribution in [0.25, 0.3) is 0 Å². The van der Waals surface area contributed by atoms with Crippen molar-refractivity contribution in [2.75, 3.05) is 5.32 Å². The Morgan fingerprint density at radius 3 is 2.21 bits per heavy atom. The lowest BCUT2D eigenvalue weighted by molar-refractivity contribution is -0.385. The summed E-state index contributed by atoms with van der Waals surface area (Å²) in [7, 11) is -4.26. The van der Waals surface area contributed by atoms with Crippen LogP contribution in [0.4, 0.5) is 15.8 Å². The van der Waals surface area contributed by atoms with Gasteiger partial charge in [0.1, 0.15) is 16.5 Å². The first kappa shape index (κ1) is 28.7. The molecule has 0 aliphatic heterocycles. The van der Waals surface area contributed by atoms with E-state index >= 15 is 0 Å². The first-order chi connectivity index (χ1) is 17.4. The summed E-state index contributed by atoms with van der Waals surface area (Å²) in [6.45, 7) is 11.9. The van der Waals surface area contributed by atoms with Gasteiger partial charge in [-0.1, -0.05) is 0 Å². The van der Waals surface area contributed by atoms with Gasteiger partial charge in [0.05, 0.1) is 10.5 Å². The zero-order chi connectivity index (χ0) is 28.6. The van der Waals surface area contributed by atoms with Crippen molar-refractivity contribution in [3.05, 3.63) is 69.7 Å². The number of nitro groups is 1. The molecule has 0 atom stereocenters. The first-order valence-corrected chi connectivity index (χ1v) is 13.0. The predicted molar refractivity (Wildman–Crippen MR) is 140 cm³/mol. The van der Waals surface area contributed by atoms with Crippen LogP contribution in [-0.4, -0.2) is 34.6 Å². The molecule has 2 aromatic carbocycles. The molecule has 11 nitrogen and oxygen atoms in total. The number of benzene rings is 2. The Bertz CT molecular complexity index is 1490. The van der Waals surface area contributed by atoms with Gasteiger partial charge >= 0.3 is 0 Å². The van der Waals surface area contributed by atoms with Gasteiger partial charge < -0.3 is 10.1 Å². The Balaban J connectivity index is 2.12. The smallest absolute Gasteiger partial charge is 0.276 e. The van der Waals surface area contributed by atoms with Crippen molar-refractivity contribution in [2.45, 2.75) is 64.4 Å². The Morgan fingerprint density at radius 1 is 1.08 bits per heavy atom. The number of aromatic nitrogens is 2. The van der Waals surface area contributed by atoms with E-state index in [2.05, 4.69) is 15.1 Å². The standard InChI is InChI=1S/C25H30FN5O6S/c1-15-21(22(32)27-17-10-8-16(26)9-11-17)28-30(25(5,6)7)23(15)37-19-13-12-18(31(33)34)14-20(19)38(35,36)29-24(2,3)4/h8-14,29H,1-7H3,(H,27,32). The number of hydrogen-bond donors (Lipinski definition) is 2. The Labute approximate surface area is 220 Å². The van der Waals surface area contributed by atoms with Crippen LogP contribution in [0.5, 0.6) is 11.6 Å². The predicted octanol–water partition coefficient (Wildman–Crippen LogP) is 5.12. The van der Waals surface area contributed by atoms with Crippen LogP contribution in [0, 0.1) is 22.9 Å². The summed E-state index contributed by atoms with van der Waals surface area (Å²) < 4.78 is 49.6. The minimum atomic E-state index is -4.26. The molecule has 0 aliphatic carbocycles. The first-order valence-electron chi connectivity index (χ1n) is 11.6. The maximum atomic E-state index is 13.3. The van der Waals surface area contributed by atoms with E-state index in [0.717, 1.165) is 12.1 Å². The van der Waals surface area contributed by atoms with Gasteiger partial charge in [-0.05, 0) is 78.8 Å². The quantitative estimate of drug-likeness (QED) is 0.309. The molecule has 2 N–H and O–H groups in total. The summed E-state index contributed by atoms with van der Waals surface area (Å²) in [5.41, 5.74) is -1.39. The van der Waals surface area contributed by atoms with E-state index < -0.39 is 48.3 Å². The molecule has 0 fully saturated rings. The molecule has 0 saturated carbocycles. The summed E-state index contributed by atoms with van der Waals surface area (Å²) in [5.74, 6) is -1.16. The molecule has 38 heavy (non-hydrogen) atoms. The van der Waals surface area contributed by atoms with E-state index in [1.165, 1.54) is 35.0 Å². The third kappa shape index (κ3) is 6.53. The molecule has 0 saturated heterocycles. The number of anilines is 1. The van der Waals surface area contributed by atoms with E-state index in [9.17, 15) is 27.7 Å². The number of nitrogens with zero attached hydrogens (tertiary/aromatic N) is 3. The van der Waals surface area contributed by atoms with Gasteiger partial charge in [0.2, 0.25) is 15.9 Å². The topological polar surface area (TPSA) is 145 Å². The molecule has 204 valence electrons. The molecule has 0 aliphatic rings. The van der Waals surface area contributed by atoms with Gasteiger partial charge in [-0.2, -0.15) is 5.10 Å². The number of non-ortho nitro benzene ring substituents is 1. The monoisotopic (exact) mass is 547 g/mol. The summed E-state index contributed by atoms with van der Waals surface area (Å²) in [6.07, 6.45) is 0. The second kappa shape index (κ2) is 10.1. The highest BCUT2D eigenvalue weighted by Gasteiger charge is 2.32. The average molecular weight is 548 g/mol. The molecule has 1 aromatic heterocycles. The number of nitro benzene ring substituents is 1. The molecule has 3 aromatic rings. The summed E-state index contributed by atoms with van der Waals surface area (Å²) >= 11 is 0. The largest absolute Gasteiger partial charge is 0.438 e. The highest BCUT2D eigenvalue weighted by atomic mass is 32.2. The van der Waals surface area contributed by atoms with Gasteiger partial charge in [-0.3, -0.25) is 14.9 Å². The zero-order valence-corrected chi connectivity index (χ0v) is 22.9. The van der Waals surface area contributed by atoms with Crippen LogP contribution < -0.4 is 14.8 Å². The van der Waals surface area contributed by atoms with Crippen LogP contribution in [0.3, 0.4) is 0 Å².